The molecule has 25 heavy (non-hydrogen) atoms. The molecule has 0 saturated carbocycles. The molecule has 0 spiro atoms. The van der Waals surface area contributed by atoms with Crippen molar-refractivity contribution in [2.45, 2.75) is 20.0 Å². The number of ether oxygens (including phenoxy) is 1. The summed E-state index contributed by atoms with van der Waals surface area (Å²) in [6.45, 7) is 2.64. The van der Waals surface area contributed by atoms with E-state index in [0.29, 0.717) is 13.2 Å². The van der Waals surface area contributed by atoms with Crippen LogP contribution in [0.3, 0.4) is 0 Å². The van der Waals surface area contributed by atoms with Crippen molar-refractivity contribution in [2.24, 2.45) is 5.92 Å². The topological polar surface area (TPSA) is 12.5 Å². The summed E-state index contributed by atoms with van der Waals surface area (Å²) in [5, 5.41) is 0. The molecule has 0 saturated heterocycles. The first-order valence-corrected chi connectivity index (χ1v) is 8.64. The Bertz CT molecular complexity index is 692. The van der Waals surface area contributed by atoms with Crippen LogP contribution in [0.1, 0.15) is 30.0 Å². The predicted molar refractivity (Wildman–Crippen MR) is 103 cm³/mol. The number of anilines is 1. The Labute approximate surface area is 150 Å². The third-order valence-corrected chi connectivity index (χ3v) is 4.11. The van der Waals surface area contributed by atoms with Gasteiger partial charge in [0.05, 0.1) is 19.9 Å². The minimum absolute atomic E-state index is 0.00373. The number of rotatable bonds is 7. The van der Waals surface area contributed by atoms with Crippen molar-refractivity contribution < 1.29 is 9.13 Å². The third-order valence-electron chi connectivity index (χ3n) is 4.11. The molecule has 1 unspecified atom stereocenters. The van der Waals surface area contributed by atoms with Crippen molar-refractivity contribution in [3.63, 3.8) is 0 Å². The lowest BCUT2D eigenvalue weighted by Gasteiger charge is -2.11. The highest BCUT2D eigenvalue weighted by molar-refractivity contribution is 5.51. The van der Waals surface area contributed by atoms with E-state index in [0.717, 1.165) is 28.8 Å². The Morgan fingerprint density at radius 3 is 2.00 bits per heavy atom. The van der Waals surface area contributed by atoms with Crippen LogP contribution in [0.15, 0.2) is 48.5 Å². The molecule has 0 aliphatic heterocycles. The van der Waals surface area contributed by atoms with Crippen molar-refractivity contribution >= 4 is 5.69 Å². The quantitative estimate of drug-likeness (QED) is 0.681. The molecule has 0 radical (unpaired) electrons. The maximum absolute atomic E-state index is 12.6. The summed E-state index contributed by atoms with van der Waals surface area (Å²) in [6, 6.07) is 16.2. The molecule has 1 atom stereocenters. The van der Waals surface area contributed by atoms with Crippen molar-refractivity contribution in [3.8, 4) is 11.8 Å². The zero-order valence-corrected chi connectivity index (χ0v) is 15.3. The van der Waals surface area contributed by atoms with E-state index in [4.69, 9.17) is 4.74 Å². The second-order valence-electron chi connectivity index (χ2n) is 6.33. The normalized spacial score (nSPS) is 11.5. The molecule has 132 valence electrons. The Kier molecular flexibility index (Phi) is 7.50. The van der Waals surface area contributed by atoms with Crippen LogP contribution < -0.4 is 4.90 Å². The zero-order valence-electron chi connectivity index (χ0n) is 15.3. The van der Waals surface area contributed by atoms with Crippen LogP contribution in [0.5, 0.6) is 0 Å². The average Bonchev–Trinajstić information content (AvgIpc) is 2.65. The van der Waals surface area contributed by atoms with Gasteiger partial charge in [0, 0.05) is 36.8 Å². The first-order chi connectivity index (χ1) is 12.1. The van der Waals surface area contributed by atoms with Crippen LogP contribution >= 0.6 is 0 Å². The number of hydrogen-bond donors (Lipinski definition) is 0. The molecule has 2 rings (SSSR count). The fourth-order valence-corrected chi connectivity index (χ4v) is 2.29. The van der Waals surface area contributed by atoms with Crippen LogP contribution in [0, 0.1) is 17.8 Å². The highest BCUT2D eigenvalue weighted by Gasteiger charge is 2.05. The SMILES string of the molecule is CCC(C[18F])COCc1ccc(C#Cc2ccc(N(C)C)cc2)cc1. The summed E-state index contributed by atoms with van der Waals surface area (Å²) in [5.74, 6) is 6.36. The molecule has 0 amide bonds. The monoisotopic (exact) mass is 338 g/mol. The van der Waals surface area contributed by atoms with Crippen LogP contribution in [-0.2, 0) is 11.3 Å². The first kappa shape index (κ1) is 19.0. The molecule has 0 N–H and O–H groups in total. The molecule has 3 heteroatoms. The molecule has 0 fully saturated rings. The summed E-state index contributed by atoms with van der Waals surface area (Å²) < 4.78 is 18.2. The average molecular weight is 338 g/mol. The van der Waals surface area contributed by atoms with E-state index in [-0.39, 0.29) is 12.6 Å². The van der Waals surface area contributed by atoms with E-state index >= 15 is 0 Å². The lowest BCUT2D eigenvalue weighted by atomic mass is 10.1. The fourth-order valence-electron chi connectivity index (χ4n) is 2.29. The lowest BCUT2D eigenvalue weighted by molar-refractivity contribution is 0.0765. The van der Waals surface area contributed by atoms with Crippen LogP contribution in [0.2, 0.25) is 0 Å². The minimum atomic E-state index is -0.319. The van der Waals surface area contributed by atoms with E-state index in [1.165, 1.54) is 0 Å². The van der Waals surface area contributed by atoms with Crippen LogP contribution in [0.25, 0.3) is 0 Å². The number of benzene rings is 2. The van der Waals surface area contributed by atoms with Crippen LogP contribution in [-0.4, -0.2) is 27.4 Å². The maximum atomic E-state index is 12.6. The molecule has 2 aromatic carbocycles. The van der Waals surface area contributed by atoms with E-state index in [9.17, 15) is 4.39 Å². The van der Waals surface area contributed by atoms with Gasteiger partial charge in [0.15, 0.2) is 0 Å². The molecule has 0 aliphatic rings. The van der Waals surface area contributed by atoms with Crippen molar-refractivity contribution in [1.29, 1.82) is 0 Å². The standard InChI is InChI=1S/C22H26FNO/c1-4-18(15-23)16-25-17-21-9-7-19(8-10-21)5-6-20-11-13-22(14-12-20)24(2)3/h7-14,18H,4,15-17H2,1-3H3/i23-1. The molecular formula is C22H26FNO. The first-order valence-electron chi connectivity index (χ1n) is 8.64. The van der Waals surface area contributed by atoms with E-state index in [1.807, 2.05) is 57.4 Å². The Hall–Kier alpha value is -2.31. The van der Waals surface area contributed by atoms with Gasteiger partial charge in [-0.1, -0.05) is 30.9 Å². The van der Waals surface area contributed by atoms with Gasteiger partial charge in [-0.3, -0.25) is 4.39 Å². The zero-order chi connectivity index (χ0) is 18.1. The van der Waals surface area contributed by atoms with Crippen molar-refractivity contribution in [2.75, 3.05) is 32.3 Å². The predicted octanol–water partition coefficient (Wildman–Crippen LogP) is 4.66. The van der Waals surface area contributed by atoms with Gasteiger partial charge in [0.25, 0.3) is 0 Å². The van der Waals surface area contributed by atoms with E-state index < -0.39 is 0 Å². The maximum Gasteiger partial charge on any atom is 0.0944 e. The molecule has 2 nitrogen and oxygen atoms in total. The molecule has 2 aromatic rings. The van der Waals surface area contributed by atoms with Gasteiger partial charge < -0.3 is 9.64 Å². The largest absolute Gasteiger partial charge is 0.378 e. The molecule has 0 aromatic heterocycles. The van der Waals surface area contributed by atoms with Gasteiger partial charge in [-0.15, -0.1) is 0 Å². The Balaban J connectivity index is 1.90. The highest BCUT2D eigenvalue weighted by atomic mass is 18.2. The second kappa shape index (κ2) is 9.86. The van der Waals surface area contributed by atoms with Gasteiger partial charge in [-0.25, -0.2) is 0 Å². The molecule has 0 bridgehead atoms. The second-order valence-corrected chi connectivity index (χ2v) is 6.33. The van der Waals surface area contributed by atoms with Crippen molar-refractivity contribution in [3.05, 3.63) is 65.2 Å². The molecule has 0 heterocycles. The molecular weight excluding hydrogens is 312 g/mol. The van der Waals surface area contributed by atoms with Crippen molar-refractivity contribution in [1.82, 2.24) is 0 Å². The summed E-state index contributed by atoms with van der Waals surface area (Å²) in [6.07, 6.45) is 0.806. The number of hydrogen-bond acceptors (Lipinski definition) is 2. The summed E-state index contributed by atoms with van der Waals surface area (Å²) in [7, 11) is 4.04. The lowest BCUT2D eigenvalue weighted by Crippen LogP contribution is -2.10. The fraction of sp³-hybridized carbons (Fsp3) is 0.364. The highest BCUT2D eigenvalue weighted by Crippen LogP contribution is 2.12. The Morgan fingerprint density at radius 1 is 0.960 bits per heavy atom. The van der Waals surface area contributed by atoms with Gasteiger partial charge >= 0.3 is 0 Å². The van der Waals surface area contributed by atoms with Crippen LogP contribution in [0.4, 0.5) is 10.1 Å². The number of nitrogens with zero attached hydrogens (tertiary/aromatic N) is 1. The minimum Gasteiger partial charge on any atom is -0.378 e. The third kappa shape index (κ3) is 6.25. The smallest absolute Gasteiger partial charge is 0.0944 e. The Morgan fingerprint density at radius 2 is 1.52 bits per heavy atom. The number of halogens is 1. The van der Waals surface area contributed by atoms with Gasteiger partial charge in [-0.05, 0) is 48.4 Å². The van der Waals surface area contributed by atoms with Gasteiger partial charge in [0.1, 0.15) is 0 Å². The summed E-state index contributed by atoms with van der Waals surface area (Å²) >= 11 is 0. The van der Waals surface area contributed by atoms with E-state index in [1.54, 1.807) is 0 Å². The van der Waals surface area contributed by atoms with Gasteiger partial charge in [-0.2, -0.15) is 0 Å². The summed E-state index contributed by atoms with van der Waals surface area (Å²) in [4.78, 5) is 2.06. The van der Waals surface area contributed by atoms with E-state index in [2.05, 4.69) is 28.9 Å². The number of alkyl halides is 1. The molecule has 0 aliphatic carbocycles. The summed E-state index contributed by atoms with van der Waals surface area (Å²) in [5.41, 5.74) is 4.20. The van der Waals surface area contributed by atoms with Gasteiger partial charge in [0.2, 0.25) is 0 Å².